The molecular weight excluding hydrogens is 620 g/mol. The first-order valence-corrected chi connectivity index (χ1v) is 14.9. The molecule has 4 aromatic rings. The van der Waals surface area contributed by atoms with Gasteiger partial charge in [-0.2, -0.15) is 18.2 Å². The SMILES string of the molecule is CCOCc1ccc(C)cc1N1C(=O)CSC1=NC(=O)Nc1ccc(-c2ncn(-c3ccc(SC(F)(F)F)cc3)n2)cc1F. The fraction of sp³-hybridized carbons (Fsp3) is 0.207. The van der Waals surface area contributed by atoms with Crippen LogP contribution >= 0.6 is 23.5 Å². The second-order valence-electron chi connectivity index (χ2n) is 9.36. The molecular formula is C29H24F4N6O3S2. The molecule has 228 valence electrons. The minimum atomic E-state index is -4.39. The van der Waals surface area contributed by atoms with Crippen LogP contribution in [0.1, 0.15) is 18.1 Å². The number of amides is 3. The predicted octanol–water partition coefficient (Wildman–Crippen LogP) is 7.20. The maximum Gasteiger partial charge on any atom is 0.446 e. The molecule has 0 atom stereocenters. The van der Waals surface area contributed by atoms with E-state index in [2.05, 4.69) is 20.4 Å². The van der Waals surface area contributed by atoms with Gasteiger partial charge >= 0.3 is 11.5 Å². The van der Waals surface area contributed by atoms with Gasteiger partial charge in [-0.3, -0.25) is 9.69 Å². The number of benzene rings is 3. The lowest BCUT2D eigenvalue weighted by atomic mass is 10.1. The summed E-state index contributed by atoms with van der Waals surface area (Å²) in [5.74, 6) is -0.768. The van der Waals surface area contributed by atoms with Crippen LogP contribution < -0.4 is 10.2 Å². The van der Waals surface area contributed by atoms with Crippen LogP contribution in [0.4, 0.5) is 33.7 Å². The normalized spacial score (nSPS) is 14.5. The van der Waals surface area contributed by atoms with Crippen molar-refractivity contribution in [2.24, 2.45) is 4.99 Å². The number of nitrogens with zero attached hydrogens (tertiary/aromatic N) is 5. The number of carbonyl (C=O) groups is 2. The zero-order valence-corrected chi connectivity index (χ0v) is 24.9. The number of hydrogen-bond donors (Lipinski definition) is 1. The summed E-state index contributed by atoms with van der Waals surface area (Å²) in [6.07, 6.45) is 1.35. The molecule has 2 heterocycles. The van der Waals surface area contributed by atoms with Crippen molar-refractivity contribution in [3.63, 3.8) is 0 Å². The average Bonchev–Trinajstić information content (AvgIpc) is 3.60. The molecule has 0 saturated carbocycles. The number of alkyl halides is 3. The molecule has 9 nitrogen and oxygen atoms in total. The molecule has 0 spiro atoms. The Hall–Kier alpha value is -4.21. The summed E-state index contributed by atoms with van der Waals surface area (Å²) >= 11 is 0.876. The Morgan fingerprint density at radius 1 is 1.14 bits per heavy atom. The summed E-state index contributed by atoms with van der Waals surface area (Å²) in [6, 6.07) is 14.2. The van der Waals surface area contributed by atoms with Crippen molar-refractivity contribution in [1.82, 2.24) is 14.8 Å². The van der Waals surface area contributed by atoms with E-state index in [4.69, 9.17) is 4.74 Å². The number of aromatic nitrogens is 3. The molecule has 1 saturated heterocycles. The molecule has 1 aromatic heterocycles. The van der Waals surface area contributed by atoms with Crippen LogP contribution in [0.25, 0.3) is 17.1 Å². The highest BCUT2D eigenvalue weighted by Gasteiger charge is 2.32. The van der Waals surface area contributed by atoms with E-state index in [0.29, 0.717) is 23.5 Å². The molecule has 3 aromatic carbocycles. The second kappa shape index (κ2) is 13.2. The zero-order chi connectivity index (χ0) is 31.4. The molecule has 44 heavy (non-hydrogen) atoms. The Morgan fingerprint density at radius 2 is 1.91 bits per heavy atom. The van der Waals surface area contributed by atoms with E-state index in [1.165, 1.54) is 52.3 Å². The van der Waals surface area contributed by atoms with Crippen LogP contribution in [-0.2, 0) is 16.1 Å². The number of carbonyl (C=O) groups excluding carboxylic acids is 2. The highest BCUT2D eigenvalue weighted by Crippen LogP contribution is 2.37. The summed E-state index contributed by atoms with van der Waals surface area (Å²) in [7, 11) is 0. The Labute approximate surface area is 257 Å². The van der Waals surface area contributed by atoms with Gasteiger partial charge in [-0.15, -0.1) is 5.10 Å². The molecule has 3 amide bonds. The number of thioether (sulfide) groups is 2. The monoisotopic (exact) mass is 644 g/mol. The lowest BCUT2D eigenvalue weighted by molar-refractivity contribution is -0.115. The van der Waals surface area contributed by atoms with Crippen LogP contribution in [0.2, 0.25) is 0 Å². The summed E-state index contributed by atoms with van der Waals surface area (Å²) in [5, 5.41) is 6.85. The number of aryl methyl sites for hydroxylation is 1. The van der Waals surface area contributed by atoms with E-state index >= 15 is 4.39 Å². The minimum Gasteiger partial charge on any atom is -0.377 e. The third kappa shape index (κ3) is 7.46. The van der Waals surface area contributed by atoms with Crippen molar-refractivity contribution in [3.8, 4) is 17.1 Å². The van der Waals surface area contributed by atoms with Gasteiger partial charge < -0.3 is 10.1 Å². The van der Waals surface area contributed by atoms with Crippen molar-refractivity contribution in [3.05, 3.63) is 83.9 Å². The number of anilines is 2. The molecule has 0 unspecified atom stereocenters. The Kier molecular flexibility index (Phi) is 9.36. The largest absolute Gasteiger partial charge is 0.446 e. The molecule has 0 radical (unpaired) electrons. The van der Waals surface area contributed by atoms with Crippen molar-refractivity contribution >= 4 is 52.0 Å². The van der Waals surface area contributed by atoms with Crippen molar-refractivity contribution in [2.45, 2.75) is 30.9 Å². The first kappa shape index (κ1) is 31.2. The number of aliphatic imine (C=N–C) groups is 1. The van der Waals surface area contributed by atoms with Gasteiger partial charge in [0, 0.05) is 22.6 Å². The van der Waals surface area contributed by atoms with Crippen LogP contribution in [-0.4, -0.2) is 49.7 Å². The maximum atomic E-state index is 15.0. The van der Waals surface area contributed by atoms with Crippen molar-refractivity contribution < 1.29 is 31.9 Å². The van der Waals surface area contributed by atoms with Crippen LogP contribution in [0, 0.1) is 12.7 Å². The molecule has 5 rings (SSSR count). The third-order valence-electron chi connectivity index (χ3n) is 6.20. The summed E-state index contributed by atoms with van der Waals surface area (Å²) in [6.45, 7) is 4.51. The van der Waals surface area contributed by atoms with E-state index in [1.807, 2.05) is 32.0 Å². The van der Waals surface area contributed by atoms with Crippen LogP contribution in [0.15, 0.2) is 76.9 Å². The zero-order valence-electron chi connectivity index (χ0n) is 23.3. The quantitative estimate of drug-likeness (QED) is 0.160. The topological polar surface area (TPSA) is 102 Å². The molecule has 1 aliphatic rings. The number of urea groups is 1. The molecule has 1 N–H and O–H groups in total. The van der Waals surface area contributed by atoms with Gasteiger partial charge in [0.05, 0.1) is 29.4 Å². The van der Waals surface area contributed by atoms with E-state index < -0.39 is 17.4 Å². The van der Waals surface area contributed by atoms with Gasteiger partial charge in [0.2, 0.25) is 5.91 Å². The fourth-order valence-corrected chi connectivity index (χ4v) is 5.60. The van der Waals surface area contributed by atoms with Gasteiger partial charge in [0.15, 0.2) is 11.0 Å². The highest BCUT2D eigenvalue weighted by atomic mass is 32.2. The first-order valence-electron chi connectivity index (χ1n) is 13.1. The minimum absolute atomic E-state index is 0.0266. The molecule has 0 bridgehead atoms. The summed E-state index contributed by atoms with van der Waals surface area (Å²) in [5.41, 5.74) is -1.53. The highest BCUT2D eigenvalue weighted by molar-refractivity contribution is 8.15. The number of rotatable bonds is 8. The number of ether oxygens (including phenoxy) is 1. The average molecular weight is 645 g/mol. The number of amidine groups is 1. The standard InChI is InChI=1S/C29H24F4N6O3S2/c1-3-42-14-19-5-4-17(2)12-24(19)39-25(40)15-43-28(39)36-27(41)35-23-11-6-18(13-22(23)30)26-34-16-38(37-26)20-7-9-21(10-8-20)44-29(31,32)33/h4-13,16H,3,14-15H2,1-2H3,(H,35,41). The number of halogens is 4. The Morgan fingerprint density at radius 3 is 2.61 bits per heavy atom. The van der Waals surface area contributed by atoms with Gasteiger partial charge in [-0.1, -0.05) is 23.9 Å². The number of hydrogen-bond acceptors (Lipinski definition) is 7. The fourth-order valence-electron chi connectivity index (χ4n) is 4.20. The molecule has 1 aliphatic heterocycles. The van der Waals surface area contributed by atoms with E-state index in [0.717, 1.165) is 29.0 Å². The van der Waals surface area contributed by atoms with Crippen LogP contribution in [0.3, 0.4) is 0 Å². The van der Waals surface area contributed by atoms with Gasteiger partial charge in [-0.05, 0) is 79.7 Å². The van der Waals surface area contributed by atoms with Gasteiger partial charge in [-0.25, -0.2) is 18.9 Å². The number of nitrogens with one attached hydrogen (secondary N) is 1. The molecule has 1 fully saturated rings. The maximum absolute atomic E-state index is 15.0. The summed E-state index contributed by atoms with van der Waals surface area (Å²) < 4.78 is 59.7. The second-order valence-corrected chi connectivity index (χ2v) is 11.4. The lowest BCUT2D eigenvalue weighted by Crippen LogP contribution is -2.31. The first-order chi connectivity index (χ1) is 21.0. The smallest absolute Gasteiger partial charge is 0.377 e. The van der Waals surface area contributed by atoms with E-state index in [-0.39, 0.29) is 51.6 Å². The van der Waals surface area contributed by atoms with Crippen molar-refractivity contribution in [1.29, 1.82) is 0 Å². The molecule has 0 aliphatic carbocycles. The Balaban J connectivity index is 1.30. The lowest BCUT2D eigenvalue weighted by Gasteiger charge is -2.20. The van der Waals surface area contributed by atoms with E-state index in [1.54, 1.807) is 0 Å². The Bertz CT molecular complexity index is 1730. The van der Waals surface area contributed by atoms with Crippen molar-refractivity contribution in [2.75, 3.05) is 22.6 Å². The van der Waals surface area contributed by atoms with E-state index in [9.17, 15) is 22.8 Å². The van der Waals surface area contributed by atoms with Gasteiger partial charge in [0.1, 0.15) is 12.1 Å². The third-order valence-corrected chi connectivity index (χ3v) is 7.86. The molecule has 15 heteroatoms. The predicted molar refractivity (Wildman–Crippen MR) is 162 cm³/mol. The van der Waals surface area contributed by atoms with Crippen LogP contribution in [0.5, 0.6) is 0 Å². The van der Waals surface area contributed by atoms with Gasteiger partial charge in [0.25, 0.3) is 0 Å². The summed E-state index contributed by atoms with van der Waals surface area (Å²) in [4.78, 5) is 35.2.